The summed E-state index contributed by atoms with van der Waals surface area (Å²) in [6.45, 7) is 6.61. The zero-order valence-corrected chi connectivity index (χ0v) is 18.1. The normalized spacial score (nSPS) is 22.0. The molecule has 4 heterocycles. The molecule has 9 heteroatoms. The fourth-order valence-corrected chi connectivity index (χ4v) is 3.99. The van der Waals surface area contributed by atoms with E-state index in [9.17, 15) is 4.39 Å². The summed E-state index contributed by atoms with van der Waals surface area (Å²) in [5.74, 6) is 1.83. The number of hydrogen-bond donors (Lipinski definition) is 2. The summed E-state index contributed by atoms with van der Waals surface area (Å²) < 4.78 is 19.6. The molecule has 0 saturated carbocycles. The molecule has 31 heavy (non-hydrogen) atoms. The average molecular weight is 428 g/mol. The van der Waals surface area contributed by atoms with Gasteiger partial charge in [0.1, 0.15) is 5.82 Å². The first-order valence-electron chi connectivity index (χ1n) is 10.8. The van der Waals surface area contributed by atoms with Crippen molar-refractivity contribution in [1.29, 1.82) is 0 Å². The van der Waals surface area contributed by atoms with Crippen molar-refractivity contribution in [2.45, 2.75) is 32.0 Å². The number of hydrogen-bond acceptors (Lipinski definition) is 6. The number of nitrogens with one attached hydrogen (secondary N) is 2. The molecule has 2 saturated heterocycles. The Morgan fingerprint density at radius 2 is 2.13 bits per heavy atom. The van der Waals surface area contributed by atoms with Gasteiger partial charge in [0.05, 0.1) is 12.7 Å². The number of aliphatic imine (C=N–C) groups is 1. The number of rotatable bonds is 5. The minimum absolute atomic E-state index is 0.177. The molecule has 2 aromatic rings. The summed E-state index contributed by atoms with van der Waals surface area (Å²) in [5.41, 5.74) is 1.08. The molecule has 0 spiro atoms. The third-order valence-corrected chi connectivity index (χ3v) is 5.63. The predicted octanol–water partition coefficient (Wildman–Crippen LogP) is 1.78. The first-order valence-corrected chi connectivity index (χ1v) is 10.8. The first-order chi connectivity index (χ1) is 15.1. The van der Waals surface area contributed by atoms with Crippen LogP contribution in [0.4, 0.5) is 16.0 Å². The smallest absolute Gasteiger partial charge is 0.191 e. The van der Waals surface area contributed by atoms with Crippen LogP contribution in [0.2, 0.25) is 0 Å². The lowest BCUT2D eigenvalue weighted by Crippen LogP contribution is -2.44. The second-order valence-corrected chi connectivity index (χ2v) is 7.96. The van der Waals surface area contributed by atoms with Gasteiger partial charge in [0.15, 0.2) is 17.6 Å². The molecule has 2 fully saturated rings. The van der Waals surface area contributed by atoms with Crippen LogP contribution in [0, 0.1) is 5.82 Å². The average Bonchev–Trinajstić information content (AvgIpc) is 3.25. The Bertz CT molecular complexity index is 892. The fraction of sp³-hybridized carbons (Fsp3) is 0.500. The van der Waals surface area contributed by atoms with Crippen molar-refractivity contribution >= 4 is 17.6 Å². The predicted molar refractivity (Wildman–Crippen MR) is 120 cm³/mol. The Hall–Kier alpha value is -2.94. The monoisotopic (exact) mass is 427 g/mol. The Morgan fingerprint density at radius 3 is 2.87 bits per heavy atom. The van der Waals surface area contributed by atoms with Crippen LogP contribution >= 0.6 is 0 Å². The fourth-order valence-electron chi connectivity index (χ4n) is 3.99. The summed E-state index contributed by atoms with van der Waals surface area (Å²) in [4.78, 5) is 17.3. The number of anilines is 2. The minimum Gasteiger partial charge on any atom is -0.375 e. The summed E-state index contributed by atoms with van der Waals surface area (Å²) in [6.07, 6.45) is 4.65. The van der Waals surface area contributed by atoms with Gasteiger partial charge in [0, 0.05) is 58.2 Å². The van der Waals surface area contributed by atoms with E-state index in [1.807, 2.05) is 11.1 Å². The molecule has 0 aliphatic carbocycles. The molecule has 2 aliphatic rings. The number of nitrogens with zero attached hydrogens (tertiary/aromatic N) is 5. The van der Waals surface area contributed by atoms with Crippen molar-refractivity contribution in [3.8, 4) is 0 Å². The largest absolute Gasteiger partial charge is 0.375 e. The first kappa shape index (κ1) is 21.3. The van der Waals surface area contributed by atoms with E-state index in [4.69, 9.17) is 4.74 Å². The van der Waals surface area contributed by atoms with Gasteiger partial charge in [-0.3, -0.25) is 4.99 Å². The van der Waals surface area contributed by atoms with E-state index in [0.29, 0.717) is 18.9 Å². The molecule has 2 aromatic heterocycles. The maximum absolute atomic E-state index is 14.0. The molecule has 2 N–H and O–H groups in total. The van der Waals surface area contributed by atoms with E-state index in [1.54, 1.807) is 19.3 Å². The Morgan fingerprint density at radius 1 is 1.23 bits per heavy atom. The van der Waals surface area contributed by atoms with Gasteiger partial charge in [-0.05, 0) is 37.1 Å². The molecule has 0 aromatic carbocycles. The van der Waals surface area contributed by atoms with Crippen LogP contribution in [0.25, 0.3) is 0 Å². The third-order valence-electron chi connectivity index (χ3n) is 5.63. The van der Waals surface area contributed by atoms with Crippen LogP contribution in [-0.4, -0.2) is 67.9 Å². The zero-order chi connectivity index (χ0) is 21.6. The maximum Gasteiger partial charge on any atom is 0.191 e. The lowest BCUT2D eigenvalue weighted by atomic mass is 10.2. The van der Waals surface area contributed by atoms with Crippen LogP contribution in [0.1, 0.15) is 18.9 Å². The van der Waals surface area contributed by atoms with Crippen molar-refractivity contribution in [2.24, 2.45) is 4.99 Å². The number of morpholine rings is 1. The van der Waals surface area contributed by atoms with Crippen LogP contribution in [0.5, 0.6) is 0 Å². The molecule has 2 atom stereocenters. The summed E-state index contributed by atoms with van der Waals surface area (Å²) in [6, 6.07) is 7.38. The molecule has 2 aliphatic heterocycles. The van der Waals surface area contributed by atoms with Gasteiger partial charge in [-0.15, -0.1) is 0 Å². The number of ether oxygens (including phenoxy) is 1. The summed E-state index contributed by atoms with van der Waals surface area (Å²) in [5, 5.41) is 6.77. The standard InChI is InChI=1S/C22H30FN7O/c1-16-14-29(10-11-31-16)20-6-5-17(12-26-20)13-27-22(24-2)28-18-7-9-30(15-18)21-19(23)4-3-8-25-21/h3-6,8,12,16,18H,7,9-11,13-15H2,1-2H3,(H2,24,27,28). The van der Waals surface area contributed by atoms with Gasteiger partial charge < -0.3 is 25.2 Å². The highest BCUT2D eigenvalue weighted by Crippen LogP contribution is 2.21. The maximum atomic E-state index is 14.0. The molecule has 4 rings (SSSR count). The quantitative estimate of drug-likeness (QED) is 0.556. The zero-order valence-electron chi connectivity index (χ0n) is 18.1. The highest BCUT2D eigenvalue weighted by Gasteiger charge is 2.26. The van der Waals surface area contributed by atoms with Crippen molar-refractivity contribution in [1.82, 2.24) is 20.6 Å². The van der Waals surface area contributed by atoms with E-state index in [2.05, 4.69) is 49.6 Å². The van der Waals surface area contributed by atoms with E-state index in [0.717, 1.165) is 50.0 Å². The van der Waals surface area contributed by atoms with Crippen molar-refractivity contribution in [3.63, 3.8) is 0 Å². The molecule has 2 unspecified atom stereocenters. The van der Waals surface area contributed by atoms with E-state index in [-0.39, 0.29) is 18.0 Å². The van der Waals surface area contributed by atoms with Crippen molar-refractivity contribution in [3.05, 3.63) is 48.0 Å². The van der Waals surface area contributed by atoms with Crippen molar-refractivity contribution < 1.29 is 9.13 Å². The van der Waals surface area contributed by atoms with Gasteiger partial charge in [-0.1, -0.05) is 6.07 Å². The van der Waals surface area contributed by atoms with Gasteiger partial charge in [0.25, 0.3) is 0 Å². The third kappa shape index (κ3) is 5.41. The van der Waals surface area contributed by atoms with Gasteiger partial charge in [-0.2, -0.15) is 0 Å². The van der Waals surface area contributed by atoms with Crippen LogP contribution in [0.15, 0.2) is 41.7 Å². The number of pyridine rings is 2. The molecule has 0 amide bonds. The lowest BCUT2D eigenvalue weighted by Gasteiger charge is -2.32. The SMILES string of the molecule is CN=C(NCc1ccc(N2CCOC(C)C2)nc1)NC1CCN(c2ncccc2F)C1. The highest BCUT2D eigenvalue weighted by molar-refractivity contribution is 5.80. The molecule has 0 radical (unpaired) electrons. The lowest BCUT2D eigenvalue weighted by molar-refractivity contribution is 0.0529. The van der Waals surface area contributed by atoms with E-state index in [1.165, 1.54) is 6.07 Å². The van der Waals surface area contributed by atoms with Gasteiger partial charge in [0.2, 0.25) is 0 Å². The number of aromatic nitrogens is 2. The van der Waals surface area contributed by atoms with E-state index >= 15 is 0 Å². The molecule has 166 valence electrons. The van der Waals surface area contributed by atoms with Crippen molar-refractivity contribution in [2.75, 3.05) is 49.6 Å². The van der Waals surface area contributed by atoms with Crippen LogP contribution < -0.4 is 20.4 Å². The minimum atomic E-state index is -0.284. The number of guanidine groups is 1. The summed E-state index contributed by atoms with van der Waals surface area (Å²) in [7, 11) is 1.75. The second-order valence-electron chi connectivity index (χ2n) is 7.96. The topological polar surface area (TPSA) is 77.9 Å². The van der Waals surface area contributed by atoms with Gasteiger partial charge in [-0.25, -0.2) is 14.4 Å². The molecular weight excluding hydrogens is 397 g/mol. The highest BCUT2D eigenvalue weighted by atomic mass is 19.1. The van der Waals surface area contributed by atoms with Crippen LogP contribution in [0.3, 0.4) is 0 Å². The molecule has 0 bridgehead atoms. The van der Waals surface area contributed by atoms with E-state index < -0.39 is 0 Å². The molecular formula is C22H30FN7O. The van der Waals surface area contributed by atoms with Crippen LogP contribution in [-0.2, 0) is 11.3 Å². The Balaban J connectivity index is 1.27. The Kier molecular flexibility index (Phi) is 6.81. The van der Waals surface area contributed by atoms with Gasteiger partial charge >= 0.3 is 0 Å². The second kappa shape index (κ2) is 9.91. The Labute approximate surface area is 182 Å². The summed E-state index contributed by atoms with van der Waals surface area (Å²) >= 11 is 0. The number of halogens is 1. The molecule has 8 nitrogen and oxygen atoms in total.